The lowest BCUT2D eigenvalue weighted by Gasteiger charge is -2.16. The topological polar surface area (TPSA) is 106 Å². The summed E-state index contributed by atoms with van der Waals surface area (Å²) in [6, 6.07) is 4.45. The van der Waals surface area contributed by atoms with Gasteiger partial charge in [-0.25, -0.2) is 13.1 Å². The van der Waals surface area contributed by atoms with Crippen LogP contribution in [0, 0.1) is 15.5 Å². The van der Waals surface area contributed by atoms with Crippen molar-refractivity contribution in [1.29, 1.82) is 0 Å². The van der Waals surface area contributed by atoms with Crippen molar-refractivity contribution >= 4 is 21.5 Å². The van der Waals surface area contributed by atoms with Crippen molar-refractivity contribution in [3.63, 3.8) is 0 Å². The zero-order chi connectivity index (χ0) is 15.6. The van der Waals surface area contributed by atoms with Crippen LogP contribution >= 0.6 is 0 Å². The zero-order valence-electron chi connectivity index (χ0n) is 11.4. The minimum atomic E-state index is -3.85. The van der Waals surface area contributed by atoms with E-state index in [-0.39, 0.29) is 22.9 Å². The van der Waals surface area contributed by atoms with Crippen molar-refractivity contribution in [1.82, 2.24) is 4.72 Å². The lowest BCUT2D eigenvalue weighted by atomic mass is 9.91. The molecular formula is C12H16N2O5S. The molecule has 0 unspecified atom stereocenters. The highest BCUT2D eigenvalue weighted by molar-refractivity contribution is 7.89. The van der Waals surface area contributed by atoms with Gasteiger partial charge in [0.05, 0.1) is 16.4 Å². The third-order valence-corrected chi connectivity index (χ3v) is 4.03. The fraction of sp³-hybridized carbons (Fsp3) is 0.417. The number of ketones is 1. The Labute approximate surface area is 117 Å². The first-order chi connectivity index (χ1) is 9.04. The molecule has 1 N–H and O–H groups in total. The molecule has 110 valence electrons. The van der Waals surface area contributed by atoms with Gasteiger partial charge >= 0.3 is 0 Å². The molecule has 1 aromatic rings. The van der Waals surface area contributed by atoms with E-state index in [4.69, 9.17) is 0 Å². The number of carbonyl (C=O) groups excluding carboxylic acids is 1. The lowest BCUT2D eigenvalue weighted by molar-refractivity contribution is -0.384. The van der Waals surface area contributed by atoms with E-state index < -0.39 is 20.4 Å². The van der Waals surface area contributed by atoms with Crippen LogP contribution in [0.25, 0.3) is 0 Å². The molecule has 0 spiro atoms. The molecule has 0 heterocycles. The fourth-order valence-electron chi connectivity index (χ4n) is 1.26. The Balaban J connectivity index is 2.84. The highest BCUT2D eigenvalue weighted by Gasteiger charge is 2.23. The average molecular weight is 300 g/mol. The van der Waals surface area contributed by atoms with Gasteiger partial charge < -0.3 is 0 Å². The number of nitro groups is 1. The maximum Gasteiger partial charge on any atom is 0.269 e. The molecule has 0 aliphatic rings. The van der Waals surface area contributed by atoms with E-state index in [0.717, 1.165) is 24.3 Å². The lowest BCUT2D eigenvalue weighted by Crippen LogP contribution is -2.35. The summed E-state index contributed by atoms with van der Waals surface area (Å²) in [4.78, 5) is 21.4. The van der Waals surface area contributed by atoms with E-state index >= 15 is 0 Å². The van der Waals surface area contributed by atoms with Crippen molar-refractivity contribution in [3.8, 4) is 0 Å². The van der Waals surface area contributed by atoms with Crippen molar-refractivity contribution in [3.05, 3.63) is 34.4 Å². The van der Waals surface area contributed by atoms with E-state index in [0.29, 0.717) is 0 Å². The van der Waals surface area contributed by atoms with E-state index in [1.165, 1.54) is 0 Å². The van der Waals surface area contributed by atoms with Crippen LogP contribution in [0.15, 0.2) is 29.2 Å². The number of nitrogens with one attached hydrogen (secondary N) is 1. The van der Waals surface area contributed by atoms with Gasteiger partial charge in [-0.15, -0.1) is 0 Å². The molecule has 0 bridgehead atoms. The van der Waals surface area contributed by atoms with Crippen LogP contribution in [0.2, 0.25) is 0 Å². The Bertz CT molecular complexity index is 614. The normalized spacial score (nSPS) is 12.2. The van der Waals surface area contributed by atoms with Crippen LogP contribution in [-0.2, 0) is 14.8 Å². The third kappa shape index (κ3) is 4.10. The van der Waals surface area contributed by atoms with E-state index in [9.17, 15) is 23.3 Å². The molecule has 0 aliphatic carbocycles. The molecular weight excluding hydrogens is 284 g/mol. The predicted molar refractivity (Wildman–Crippen MR) is 72.7 cm³/mol. The SMILES string of the molecule is CC(C)(C)C(=O)CNS(=O)(=O)c1ccc([N+](=O)[O-])cc1. The molecule has 0 aromatic heterocycles. The van der Waals surface area contributed by atoms with Gasteiger partial charge in [0.2, 0.25) is 10.0 Å². The van der Waals surface area contributed by atoms with Crippen molar-refractivity contribution in [2.45, 2.75) is 25.7 Å². The Kier molecular flexibility index (Phi) is 4.61. The number of hydrogen-bond donors (Lipinski definition) is 1. The van der Waals surface area contributed by atoms with Gasteiger partial charge in [-0.3, -0.25) is 14.9 Å². The van der Waals surface area contributed by atoms with Crippen LogP contribution in [0.1, 0.15) is 20.8 Å². The highest BCUT2D eigenvalue weighted by Crippen LogP contribution is 2.17. The summed E-state index contributed by atoms with van der Waals surface area (Å²) in [6.07, 6.45) is 0. The molecule has 7 nitrogen and oxygen atoms in total. The summed E-state index contributed by atoms with van der Waals surface area (Å²) in [6.45, 7) is 4.75. The third-order valence-electron chi connectivity index (χ3n) is 2.62. The molecule has 8 heteroatoms. The van der Waals surface area contributed by atoms with Gasteiger partial charge in [0.15, 0.2) is 5.78 Å². The second-order valence-electron chi connectivity index (χ2n) is 5.25. The molecule has 0 saturated carbocycles. The zero-order valence-corrected chi connectivity index (χ0v) is 12.2. The molecule has 0 saturated heterocycles. The number of sulfonamides is 1. The minimum absolute atomic E-state index is 0.121. The average Bonchev–Trinajstić information content (AvgIpc) is 2.35. The number of rotatable bonds is 5. The molecule has 0 fully saturated rings. The number of carbonyl (C=O) groups is 1. The summed E-state index contributed by atoms with van der Waals surface area (Å²) in [7, 11) is -3.85. The number of hydrogen-bond acceptors (Lipinski definition) is 5. The van der Waals surface area contributed by atoms with Crippen molar-refractivity contribution < 1.29 is 18.1 Å². The number of Topliss-reactive ketones (excluding diaryl/α,β-unsaturated/α-hetero) is 1. The van der Waals surface area contributed by atoms with Crippen LogP contribution in [0.4, 0.5) is 5.69 Å². The summed E-state index contributed by atoms with van der Waals surface area (Å²) >= 11 is 0. The second kappa shape index (κ2) is 5.68. The van der Waals surface area contributed by atoms with Gasteiger partial charge in [-0.1, -0.05) is 20.8 Å². The summed E-state index contributed by atoms with van der Waals surface area (Å²) in [5.41, 5.74) is -0.840. The van der Waals surface area contributed by atoms with Gasteiger partial charge in [0.1, 0.15) is 0 Å². The number of benzene rings is 1. The van der Waals surface area contributed by atoms with Crippen LogP contribution in [-0.4, -0.2) is 25.7 Å². The highest BCUT2D eigenvalue weighted by atomic mass is 32.2. The molecule has 0 atom stereocenters. The van der Waals surface area contributed by atoms with E-state index in [1.807, 2.05) is 0 Å². The molecule has 20 heavy (non-hydrogen) atoms. The molecule has 0 aliphatic heterocycles. The maximum atomic E-state index is 11.9. The standard InChI is InChI=1S/C12H16N2O5S/c1-12(2,3)11(15)8-13-20(18,19)10-6-4-9(5-7-10)14(16)17/h4-7,13H,8H2,1-3H3. The van der Waals surface area contributed by atoms with E-state index in [1.54, 1.807) is 20.8 Å². The quantitative estimate of drug-likeness (QED) is 0.655. The number of nitro benzene ring substituents is 1. The van der Waals surface area contributed by atoms with Gasteiger partial charge in [-0.05, 0) is 12.1 Å². The Morgan fingerprint density at radius 2 is 1.75 bits per heavy atom. The smallest absolute Gasteiger partial charge is 0.269 e. The van der Waals surface area contributed by atoms with Crippen molar-refractivity contribution in [2.24, 2.45) is 5.41 Å². The Morgan fingerprint density at radius 1 is 1.25 bits per heavy atom. The number of nitrogens with zero attached hydrogens (tertiary/aromatic N) is 1. The minimum Gasteiger partial charge on any atom is -0.298 e. The molecule has 1 aromatic carbocycles. The predicted octanol–water partition coefficient (Wildman–Crippen LogP) is 1.49. The Hall–Kier alpha value is -1.80. The first kappa shape index (κ1) is 16.3. The number of non-ortho nitro benzene ring substituents is 1. The summed E-state index contributed by atoms with van der Waals surface area (Å²) in [5, 5.41) is 10.5. The van der Waals surface area contributed by atoms with Crippen LogP contribution in [0.3, 0.4) is 0 Å². The van der Waals surface area contributed by atoms with Gasteiger partial charge in [-0.2, -0.15) is 0 Å². The molecule has 0 amide bonds. The maximum absolute atomic E-state index is 11.9. The Morgan fingerprint density at radius 3 is 2.15 bits per heavy atom. The molecule has 1 rings (SSSR count). The first-order valence-electron chi connectivity index (χ1n) is 5.81. The monoisotopic (exact) mass is 300 g/mol. The van der Waals surface area contributed by atoms with Crippen LogP contribution in [0.5, 0.6) is 0 Å². The largest absolute Gasteiger partial charge is 0.298 e. The summed E-state index contributed by atoms with van der Waals surface area (Å²) < 4.78 is 26.0. The second-order valence-corrected chi connectivity index (χ2v) is 7.02. The fourth-order valence-corrected chi connectivity index (χ4v) is 2.24. The van der Waals surface area contributed by atoms with Gasteiger partial charge in [0.25, 0.3) is 5.69 Å². The molecule has 0 radical (unpaired) electrons. The van der Waals surface area contributed by atoms with Crippen molar-refractivity contribution in [2.75, 3.05) is 6.54 Å². The van der Waals surface area contributed by atoms with Crippen LogP contribution < -0.4 is 4.72 Å². The first-order valence-corrected chi connectivity index (χ1v) is 7.30. The van der Waals surface area contributed by atoms with E-state index in [2.05, 4.69) is 4.72 Å². The van der Waals surface area contributed by atoms with Gasteiger partial charge in [0, 0.05) is 17.5 Å². The summed E-state index contributed by atoms with van der Waals surface area (Å²) in [5.74, 6) is -0.247.